The Balaban J connectivity index is 1.72. The predicted molar refractivity (Wildman–Crippen MR) is 131 cm³/mol. The molecule has 0 fully saturated rings. The molecule has 3 aromatic rings. The zero-order valence-electron chi connectivity index (χ0n) is 20.1. The quantitative estimate of drug-likeness (QED) is 0.433. The lowest BCUT2D eigenvalue weighted by Crippen LogP contribution is -2.35. The number of ketones is 1. The molecule has 180 valence electrons. The van der Waals surface area contributed by atoms with Crippen molar-refractivity contribution in [3.8, 4) is 17.2 Å². The fourth-order valence-corrected chi connectivity index (χ4v) is 5.08. The third-order valence-corrected chi connectivity index (χ3v) is 6.49. The van der Waals surface area contributed by atoms with Crippen LogP contribution in [-0.4, -0.2) is 28.6 Å². The number of hydrogen-bond donors (Lipinski definition) is 2. The summed E-state index contributed by atoms with van der Waals surface area (Å²) in [5.74, 6) is 0.136. The summed E-state index contributed by atoms with van der Waals surface area (Å²) in [5, 5.41) is 6.57. The third kappa shape index (κ3) is 3.95. The molecule has 5 rings (SSSR count). The molecule has 0 spiro atoms. The molecule has 0 radical (unpaired) electrons. The molecule has 0 saturated heterocycles. The largest absolute Gasteiger partial charge is 0.493 e. The van der Waals surface area contributed by atoms with Gasteiger partial charge in [0.05, 0.1) is 18.4 Å². The first-order valence-corrected chi connectivity index (χ1v) is 11.5. The van der Waals surface area contributed by atoms with Gasteiger partial charge in [-0.3, -0.25) is 19.5 Å². The number of hydrogen-bond acceptors (Lipinski definition) is 6. The molecule has 2 heterocycles. The van der Waals surface area contributed by atoms with Crippen LogP contribution < -0.4 is 20.3 Å². The fourth-order valence-electron chi connectivity index (χ4n) is 5.08. The Morgan fingerprint density at radius 2 is 1.80 bits per heavy atom. The van der Waals surface area contributed by atoms with Gasteiger partial charge < -0.3 is 14.8 Å². The number of anilines is 1. The van der Waals surface area contributed by atoms with Gasteiger partial charge >= 0.3 is 5.97 Å². The monoisotopic (exact) mass is 473 g/mol. The zero-order chi connectivity index (χ0) is 24.9. The first kappa shape index (κ1) is 22.7. The van der Waals surface area contributed by atoms with Crippen LogP contribution in [0.1, 0.15) is 50.7 Å². The van der Waals surface area contributed by atoms with E-state index in [2.05, 4.69) is 24.3 Å². The number of methoxy groups -OCH3 is 1. The van der Waals surface area contributed by atoms with E-state index in [0.717, 1.165) is 5.70 Å². The summed E-state index contributed by atoms with van der Waals surface area (Å²) in [4.78, 5) is 38.7. The highest BCUT2D eigenvalue weighted by Gasteiger charge is 2.43. The number of esters is 1. The molecule has 2 aromatic carbocycles. The molecule has 0 amide bonds. The maximum Gasteiger partial charge on any atom is 0.308 e. The third-order valence-electron chi connectivity index (χ3n) is 6.49. The summed E-state index contributed by atoms with van der Waals surface area (Å²) in [6, 6.07) is 14.4. The number of rotatable bonds is 4. The van der Waals surface area contributed by atoms with Gasteiger partial charge in [-0.15, -0.1) is 0 Å². The van der Waals surface area contributed by atoms with Crippen molar-refractivity contribution in [2.45, 2.75) is 39.5 Å². The van der Waals surface area contributed by atoms with Crippen LogP contribution in [0.3, 0.4) is 0 Å². The number of aromatic nitrogens is 2. The lowest BCUT2D eigenvalue weighted by Gasteiger charge is -2.37. The molecule has 8 heteroatoms. The molecule has 35 heavy (non-hydrogen) atoms. The Hall–Kier alpha value is -4.07. The minimum Gasteiger partial charge on any atom is -0.493 e. The molecule has 0 bridgehead atoms. The van der Waals surface area contributed by atoms with Gasteiger partial charge in [0.25, 0.3) is 5.56 Å². The van der Waals surface area contributed by atoms with Gasteiger partial charge in [-0.1, -0.05) is 38.1 Å². The van der Waals surface area contributed by atoms with Crippen LogP contribution in [0.25, 0.3) is 5.69 Å². The summed E-state index contributed by atoms with van der Waals surface area (Å²) in [7, 11) is 1.48. The first-order valence-electron chi connectivity index (χ1n) is 11.5. The van der Waals surface area contributed by atoms with Gasteiger partial charge in [0.15, 0.2) is 17.3 Å². The number of H-pyrrole nitrogens is 1. The lowest BCUT2D eigenvalue weighted by molar-refractivity contribution is -0.132. The number of fused-ring (bicyclic) bond motifs is 1. The number of carbonyl (C=O) groups excluding carboxylic acids is 2. The number of carbonyl (C=O) groups is 2. The van der Waals surface area contributed by atoms with Crippen LogP contribution in [0.15, 0.2) is 64.6 Å². The SMILES string of the molecule is COc1cc([C@H]2C3=C(CC(C)(C)CC3=O)Nc3[nH]n(-c4ccccc4)c(=O)c32)ccc1OC(C)=O. The van der Waals surface area contributed by atoms with Crippen molar-refractivity contribution in [1.29, 1.82) is 0 Å². The van der Waals surface area contributed by atoms with Gasteiger partial charge in [0.2, 0.25) is 0 Å². The Labute approximate surface area is 202 Å². The smallest absolute Gasteiger partial charge is 0.308 e. The second kappa shape index (κ2) is 8.30. The zero-order valence-corrected chi connectivity index (χ0v) is 20.1. The van der Waals surface area contributed by atoms with Gasteiger partial charge in [-0.25, -0.2) is 4.68 Å². The van der Waals surface area contributed by atoms with Gasteiger partial charge in [-0.2, -0.15) is 0 Å². The van der Waals surface area contributed by atoms with Crippen molar-refractivity contribution >= 4 is 17.6 Å². The molecule has 1 atom stereocenters. The number of ether oxygens (including phenoxy) is 2. The number of allylic oxidation sites excluding steroid dienone is 2. The van der Waals surface area contributed by atoms with Crippen molar-refractivity contribution in [3.63, 3.8) is 0 Å². The van der Waals surface area contributed by atoms with E-state index >= 15 is 0 Å². The van der Waals surface area contributed by atoms with E-state index in [4.69, 9.17) is 9.47 Å². The number of nitrogens with one attached hydrogen (secondary N) is 2. The van der Waals surface area contributed by atoms with Gasteiger partial charge in [0, 0.05) is 30.5 Å². The predicted octanol–water partition coefficient (Wildman–Crippen LogP) is 4.30. The molecule has 0 unspecified atom stereocenters. The summed E-state index contributed by atoms with van der Waals surface area (Å²) in [5.41, 5.74) is 2.82. The second-order valence-electron chi connectivity index (χ2n) is 9.77. The van der Waals surface area contributed by atoms with Crippen LogP contribution >= 0.6 is 0 Å². The first-order chi connectivity index (χ1) is 16.7. The van der Waals surface area contributed by atoms with Crippen molar-refractivity contribution < 1.29 is 19.1 Å². The number of Topliss-reactive ketones (excluding diaryl/α,β-unsaturated/α-hetero) is 1. The minimum absolute atomic E-state index is 0.00860. The summed E-state index contributed by atoms with van der Waals surface area (Å²) in [6.07, 6.45) is 1.06. The number of benzene rings is 2. The van der Waals surface area contributed by atoms with Crippen molar-refractivity contribution in [3.05, 3.63) is 81.3 Å². The fraction of sp³-hybridized carbons (Fsp3) is 0.296. The molecule has 2 N–H and O–H groups in total. The molecule has 8 nitrogen and oxygen atoms in total. The van der Waals surface area contributed by atoms with Crippen LogP contribution in [-0.2, 0) is 9.59 Å². The Kier molecular flexibility index (Phi) is 5.39. The van der Waals surface area contributed by atoms with Crippen molar-refractivity contribution in [2.75, 3.05) is 12.4 Å². The van der Waals surface area contributed by atoms with E-state index in [1.165, 1.54) is 18.7 Å². The molecule has 1 aliphatic carbocycles. The molecular weight excluding hydrogens is 446 g/mol. The molecular formula is C27H27N3O5. The average molecular weight is 474 g/mol. The van der Waals surface area contributed by atoms with E-state index in [0.29, 0.717) is 46.8 Å². The highest BCUT2D eigenvalue weighted by molar-refractivity contribution is 6.01. The van der Waals surface area contributed by atoms with E-state index in [1.807, 2.05) is 30.3 Å². The van der Waals surface area contributed by atoms with Crippen LogP contribution in [0.2, 0.25) is 0 Å². The molecule has 1 aromatic heterocycles. The number of nitrogens with zero attached hydrogens (tertiary/aromatic N) is 1. The molecule has 1 aliphatic heterocycles. The lowest BCUT2D eigenvalue weighted by atomic mass is 9.69. The Morgan fingerprint density at radius 1 is 1.06 bits per heavy atom. The highest BCUT2D eigenvalue weighted by atomic mass is 16.6. The maximum atomic E-state index is 13.7. The van der Waals surface area contributed by atoms with Crippen molar-refractivity contribution in [1.82, 2.24) is 9.78 Å². The van der Waals surface area contributed by atoms with E-state index in [1.54, 1.807) is 18.2 Å². The second-order valence-corrected chi connectivity index (χ2v) is 9.77. The van der Waals surface area contributed by atoms with E-state index in [9.17, 15) is 14.4 Å². The van der Waals surface area contributed by atoms with Crippen LogP contribution in [0, 0.1) is 5.41 Å². The Morgan fingerprint density at radius 3 is 2.49 bits per heavy atom. The van der Waals surface area contributed by atoms with E-state index in [-0.39, 0.29) is 22.5 Å². The Bertz CT molecular complexity index is 1430. The molecule has 0 saturated carbocycles. The summed E-state index contributed by atoms with van der Waals surface area (Å²) < 4.78 is 12.2. The topological polar surface area (TPSA) is 102 Å². The number of para-hydroxylation sites is 1. The van der Waals surface area contributed by atoms with Gasteiger partial charge in [-0.05, 0) is 41.7 Å². The van der Waals surface area contributed by atoms with Gasteiger partial charge in [0.1, 0.15) is 5.82 Å². The normalized spacial score (nSPS) is 18.4. The molecule has 2 aliphatic rings. The minimum atomic E-state index is -0.598. The number of aromatic amines is 1. The standard InChI is InChI=1S/C27H27N3O5/c1-15(31)35-20-11-10-16(12-21(20)34-4)22-23-18(13-27(2,3)14-19(23)32)28-25-24(22)26(33)30(29-25)17-8-6-5-7-9-17/h5-12,22,28-29H,13-14H2,1-4H3/t22-/m0/s1. The highest BCUT2D eigenvalue weighted by Crippen LogP contribution is 2.48. The average Bonchev–Trinajstić information content (AvgIpc) is 3.13. The summed E-state index contributed by atoms with van der Waals surface area (Å²) >= 11 is 0. The van der Waals surface area contributed by atoms with Crippen LogP contribution in [0.5, 0.6) is 11.5 Å². The van der Waals surface area contributed by atoms with Crippen LogP contribution in [0.4, 0.5) is 5.82 Å². The van der Waals surface area contributed by atoms with Crippen molar-refractivity contribution in [2.24, 2.45) is 5.41 Å². The van der Waals surface area contributed by atoms with E-state index < -0.39 is 11.9 Å². The maximum absolute atomic E-state index is 13.7. The summed E-state index contributed by atoms with van der Waals surface area (Å²) in [6.45, 7) is 5.45.